The van der Waals surface area contributed by atoms with Gasteiger partial charge in [0.05, 0.1) is 17.1 Å². The van der Waals surface area contributed by atoms with Crippen molar-refractivity contribution >= 4 is 11.4 Å². The number of hydrogen-bond acceptors (Lipinski definition) is 4. The minimum Gasteiger partial charge on any atom is -0.394 e. The van der Waals surface area contributed by atoms with Crippen molar-refractivity contribution in [3.8, 4) is 0 Å². The van der Waals surface area contributed by atoms with E-state index >= 15 is 0 Å². The highest BCUT2D eigenvalue weighted by Crippen LogP contribution is 2.32. The summed E-state index contributed by atoms with van der Waals surface area (Å²) in [4.78, 5) is 10.3. The van der Waals surface area contributed by atoms with Gasteiger partial charge in [0.25, 0.3) is 5.69 Å². The zero-order valence-electron chi connectivity index (χ0n) is 10.3. The minimum atomic E-state index is -0.405. The van der Waals surface area contributed by atoms with Crippen LogP contribution in [0, 0.1) is 10.1 Å². The zero-order chi connectivity index (χ0) is 13.0. The molecule has 1 aromatic carbocycles. The summed E-state index contributed by atoms with van der Waals surface area (Å²) < 4.78 is 0. The molecule has 1 fully saturated rings. The quantitative estimate of drug-likeness (QED) is 0.636. The number of nitrogens with one attached hydrogen (secondary N) is 1. The first-order valence-corrected chi connectivity index (χ1v) is 6.29. The SMILES string of the molecule is O=[N+]([O-])c1cccc(NC2(CO)CCCCC2)c1. The van der Waals surface area contributed by atoms with Crippen LogP contribution in [0.25, 0.3) is 0 Å². The van der Waals surface area contributed by atoms with E-state index in [9.17, 15) is 15.2 Å². The van der Waals surface area contributed by atoms with Crippen molar-refractivity contribution in [2.24, 2.45) is 0 Å². The molecule has 0 aliphatic heterocycles. The van der Waals surface area contributed by atoms with E-state index in [4.69, 9.17) is 0 Å². The van der Waals surface area contributed by atoms with Crippen LogP contribution in [0.3, 0.4) is 0 Å². The summed E-state index contributed by atoms with van der Waals surface area (Å²) >= 11 is 0. The predicted octanol–water partition coefficient (Wildman–Crippen LogP) is 2.70. The standard InChI is InChI=1S/C13H18N2O3/c16-10-13(7-2-1-3-8-13)14-11-5-4-6-12(9-11)15(17)18/h4-6,9,14,16H,1-3,7-8,10H2. The summed E-state index contributed by atoms with van der Waals surface area (Å²) in [6.07, 6.45) is 5.18. The van der Waals surface area contributed by atoms with Crippen LogP contribution in [-0.2, 0) is 0 Å². The monoisotopic (exact) mass is 250 g/mol. The van der Waals surface area contributed by atoms with Gasteiger partial charge in [0.1, 0.15) is 0 Å². The van der Waals surface area contributed by atoms with Gasteiger partial charge in [-0.1, -0.05) is 25.3 Å². The van der Waals surface area contributed by atoms with E-state index in [0.717, 1.165) is 25.7 Å². The van der Waals surface area contributed by atoms with Crippen LogP contribution in [0.4, 0.5) is 11.4 Å². The number of nitro groups is 1. The fourth-order valence-electron chi connectivity index (χ4n) is 2.55. The van der Waals surface area contributed by atoms with Crippen LogP contribution in [0.1, 0.15) is 32.1 Å². The number of nitro benzene ring substituents is 1. The van der Waals surface area contributed by atoms with Crippen LogP contribution in [0.2, 0.25) is 0 Å². The first-order valence-electron chi connectivity index (χ1n) is 6.29. The number of rotatable bonds is 4. The normalized spacial score (nSPS) is 18.3. The average Bonchev–Trinajstić information content (AvgIpc) is 2.40. The maximum absolute atomic E-state index is 10.7. The number of aliphatic hydroxyl groups excluding tert-OH is 1. The van der Waals surface area contributed by atoms with Crippen molar-refractivity contribution in [2.75, 3.05) is 11.9 Å². The molecule has 5 heteroatoms. The molecule has 1 aliphatic carbocycles. The van der Waals surface area contributed by atoms with Gasteiger partial charge in [0.15, 0.2) is 0 Å². The van der Waals surface area contributed by atoms with Gasteiger partial charge in [0, 0.05) is 17.8 Å². The van der Waals surface area contributed by atoms with Crippen molar-refractivity contribution in [3.05, 3.63) is 34.4 Å². The largest absolute Gasteiger partial charge is 0.394 e. The smallest absolute Gasteiger partial charge is 0.271 e. The Hall–Kier alpha value is -1.62. The van der Waals surface area contributed by atoms with Gasteiger partial charge in [-0.2, -0.15) is 0 Å². The van der Waals surface area contributed by atoms with Gasteiger partial charge in [-0.25, -0.2) is 0 Å². The van der Waals surface area contributed by atoms with Gasteiger partial charge in [-0.15, -0.1) is 0 Å². The van der Waals surface area contributed by atoms with E-state index in [-0.39, 0.29) is 17.8 Å². The molecule has 1 aliphatic rings. The van der Waals surface area contributed by atoms with Gasteiger partial charge < -0.3 is 10.4 Å². The summed E-state index contributed by atoms with van der Waals surface area (Å²) in [5, 5.41) is 23.6. The second kappa shape index (κ2) is 5.35. The summed E-state index contributed by atoms with van der Waals surface area (Å²) in [5.41, 5.74) is 0.469. The topological polar surface area (TPSA) is 75.4 Å². The number of aliphatic hydroxyl groups is 1. The lowest BCUT2D eigenvalue weighted by atomic mass is 9.82. The van der Waals surface area contributed by atoms with Crippen molar-refractivity contribution in [2.45, 2.75) is 37.6 Å². The molecular formula is C13H18N2O3. The van der Waals surface area contributed by atoms with Gasteiger partial charge in [-0.3, -0.25) is 10.1 Å². The highest BCUT2D eigenvalue weighted by molar-refractivity contribution is 5.52. The molecule has 98 valence electrons. The lowest BCUT2D eigenvalue weighted by Gasteiger charge is -2.37. The lowest BCUT2D eigenvalue weighted by Crippen LogP contribution is -2.43. The Morgan fingerprint density at radius 2 is 2.06 bits per heavy atom. The summed E-state index contributed by atoms with van der Waals surface area (Å²) in [5.74, 6) is 0. The van der Waals surface area contributed by atoms with E-state index in [1.165, 1.54) is 18.6 Å². The van der Waals surface area contributed by atoms with E-state index < -0.39 is 4.92 Å². The molecule has 1 saturated carbocycles. The third-order valence-electron chi connectivity index (χ3n) is 3.58. The third-order valence-corrected chi connectivity index (χ3v) is 3.58. The van der Waals surface area contributed by atoms with Crippen LogP contribution < -0.4 is 5.32 Å². The second-order valence-electron chi connectivity index (χ2n) is 4.93. The van der Waals surface area contributed by atoms with Crippen LogP contribution in [-0.4, -0.2) is 22.2 Å². The van der Waals surface area contributed by atoms with Crippen molar-refractivity contribution in [1.82, 2.24) is 0 Å². The highest BCUT2D eigenvalue weighted by Gasteiger charge is 2.31. The average molecular weight is 250 g/mol. The minimum absolute atomic E-state index is 0.0652. The van der Waals surface area contributed by atoms with E-state index in [0.29, 0.717) is 5.69 Å². The molecule has 2 N–H and O–H groups in total. The summed E-state index contributed by atoms with van der Waals surface area (Å²) in [6.45, 7) is 0.0652. The van der Waals surface area contributed by atoms with E-state index in [1.54, 1.807) is 12.1 Å². The molecule has 0 heterocycles. The molecule has 5 nitrogen and oxygen atoms in total. The molecule has 0 radical (unpaired) electrons. The van der Waals surface area contributed by atoms with Crippen LogP contribution in [0.15, 0.2) is 24.3 Å². The number of nitrogens with zero attached hydrogens (tertiary/aromatic N) is 1. The number of hydrogen-bond donors (Lipinski definition) is 2. The Morgan fingerprint density at radius 1 is 1.33 bits per heavy atom. The fourth-order valence-corrected chi connectivity index (χ4v) is 2.55. The molecule has 0 aromatic heterocycles. The van der Waals surface area contributed by atoms with Crippen molar-refractivity contribution in [3.63, 3.8) is 0 Å². The van der Waals surface area contributed by atoms with Crippen molar-refractivity contribution in [1.29, 1.82) is 0 Å². The first kappa shape index (κ1) is 12.8. The maximum Gasteiger partial charge on any atom is 0.271 e. The molecule has 0 bridgehead atoms. The number of non-ortho nitro benzene ring substituents is 1. The maximum atomic E-state index is 10.7. The molecule has 0 amide bonds. The Kier molecular flexibility index (Phi) is 3.81. The van der Waals surface area contributed by atoms with Gasteiger partial charge >= 0.3 is 0 Å². The first-order chi connectivity index (χ1) is 8.65. The molecule has 0 saturated heterocycles. The van der Waals surface area contributed by atoms with Gasteiger partial charge in [0.2, 0.25) is 0 Å². The Balaban J connectivity index is 2.16. The predicted molar refractivity (Wildman–Crippen MR) is 69.6 cm³/mol. The van der Waals surface area contributed by atoms with Crippen LogP contribution >= 0.6 is 0 Å². The van der Waals surface area contributed by atoms with E-state index in [1.807, 2.05) is 0 Å². The molecule has 0 spiro atoms. The fraction of sp³-hybridized carbons (Fsp3) is 0.538. The van der Waals surface area contributed by atoms with Crippen molar-refractivity contribution < 1.29 is 10.0 Å². The highest BCUT2D eigenvalue weighted by atomic mass is 16.6. The second-order valence-corrected chi connectivity index (χ2v) is 4.93. The molecule has 0 atom stereocenters. The molecule has 18 heavy (non-hydrogen) atoms. The number of benzene rings is 1. The summed E-state index contributed by atoms with van der Waals surface area (Å²) in [6, 6.07) is 6.46. The molecule has 2 rings (SSSR count). The molecular weight excluding hydrogens is 232 g/mol. The summed E-state index contributed by atoms with van der Waals surface area (Å²) in [7, 11) is 0. The number of anilines is 1. The molecule has 0 unspecified atom stereocenters. The van der Waals surface area contributed by atoms with Gasteiger partial charge in [-0.05, 0) is 18.9 Å². The third kappa shape index (κ3) is 2.79. The lowest BCUT2D eigenvalue weighted by molar-refractivity contribution is -0.384. The Labute approximate surface area is 106 Å². The van der Waals surface area contributed by atoms with Crippen LogP contribution in [0.5, 0.6) is 0 Å². The zero-order valence-corrected chi connectivity index (χ0v) is 10.3. The molecule has 1 aromatic rings. The van der Waals surface area contributed by atoms with E-state index in [2.05, 4.69) is 5.32 Å². The Bertz CT molecular complexity index is 428. The Morgan fingerprint density at radius 3 is 2.67 bits per heavy atom.